The first-order valence-corrected chi connectivity index (χ1v) is 10.1. The number of fused-ring (bicyclic) bond motifs is 1. The van der Waals surface area contributed by atoms with Crippen molar-refractivity contribution in [3.63, 3.8) is 0 Å². The SMILES string of the molecule is Cc1nc(NCc2cnn(Cc3ccc(F)cn3)c2)nc2c1NC(=O)[C@H](C(C)C)N2C. The Balaban J connectivity index is 1.46. The van der Waals surface area contributed by atoms with Gasteiger partial charge in [0, 0.05) is 25.4 Å². The fourth-order valence-corrected chi connectivity index (χ4v) is 3.72. The lowest BCUT2D eigenvalue weighted by atomic mass is 9.99. The number of pyridine rings is 1. The van der Waals surface area contributed by atoms with E-state index in [4.69, 9.17) is 0 Å². The van der Waals surface area contributed by atoms with E-state index < -0.39 is 0 Å². The highest BCUT2D eigenvalue weighted by molar-refractivity contribution is 6.03. The number of carbonyl (C=O) groups excluding carboxylic acids is 1. The molecule has 0 aromatic carbocycles. The standard InChI is InChI=1S/C21H25FN8O/c1-12(2)18-20(31)27-17-13(3)26-21(28-19(17)29(18)4)24-7-14-8-25-30(10-14)11-16-6-5-15(22)9-23-16/h5-6,8-10,12,18H,7,11H2,1-4H3,(H,27,31)(H,24,26,28)/t18-/m0/s1. The van der Waals surface area contributed by atoms with Crippen LogP contribution in [0.3, 0.4) is 0 Å². The molecule has 1 amide bonds. The van der Waals surface area contributed by atoms with Gasteiger partial charge in [-0.15, -0.1) is 0 Å². The highest BCUT2D eigenvalue weighted by atomic mass is 19.1. The second-order valence-corrected chi connectivity index (χ2v) is 7.99. The molecule has 3 aromatic rings. The predicted octanol–water partition coefficient (Wildman–Crippen LogP) is 2.59. The van der Waals surface area contributed by atoms with E-state index in [-0.39, 0.29) is 23.7 Å². The van der Waals surface area contributed by atoms with Crippen molar-refractivity contribution >= 4 is 23.4 Å². The molecule has 1 aliphatic rings. The van der Waals surface area contributed by atoms with Gasteiger partial charge in [0.1, 0.15) is 17.5 Å². The monoisotopic (exact) mass is 424 g/mol. The van der Waals surface area contributed by atoms with Crippen LogP contribution in [0.2, 0.25) is 0 Å². The second-order valence-electron chi connectivity index (χ2n) is 7.99. The van der Waals surface area contributed by atoms with Gasteiger partial charge in [-0.25, -0.2) is 9.37 Å². The molecule has 0 unspecified atom stereocenters. The summed E-state index contributed by atoms with van der Waals surface area (Å²) in [6.45, 7) is 6.81. The van der Waals surface area contributed by atoms with Crippen LogP contribution < -0.4 is 15.5 Å². The third-order valence-corrected chi connectivity index (χ3v) is 5.22. The average Bonchev–Trinajstić information content (AvgIpc) is 3.16. The van der Waals surface area contributed by atoms with Crippen molar-refractivity contribution in [2.24, 2.45) is 5.92 Å². The minimum Gasteiger partial charge on any atom is -0.350 e. The molecule has 10 heteroatoms. The van der Waals surface area contributed by atoms with Crippen molar-refractivity contribution in [3.8, 4) is 0 Å². The van der Waals surface area contributed by atoms with E-state index in [0.717, 1.165) is 11.3 Å². The largest absolute Gasteiger partial charge is 0.350 e. The van der Waals surface area contributed by atoms with Gasteiger partial charge in [-0.05, 0) is 25.0 Å². The smallest absolute Gasteiger partial charge is 0.247 e. The molecule has 4 rings (SSSR count). The maximum atomic E-state index is 13.0. The van der Waals surface area contributed by atoms with Crippen molar-refractivity contribution in [1.29, 1.82) is 0 Å². The van der Waals surface area contributed by atoms with Gasteiger partial charge in [0.2, 0.25) is 11.9 Å². The van der Waals surface area contributed by atoms with Crippen LogP contribution in [0.5, 0.6) is 0 Å². The third kappa shape index (κ3) is 4.32. The average molecular weight is 424 g/mol. The van der Waals surface area contributed by atoms with Crippen LogP contribution in [-0.4, -0.2) is 43.7 Å². The topological polar surface area (TPSA) is 101 Å². The summed E-state index contributed by atoms with van der Waals surface area (Å²) in [5.74, 6) is 0.923. The van der Waals surface area contributed by atoms with Crippen molar-refractivity contribution in [2.75, 3.05) is 22.6 Å². The second kappa shape index (κ2) is 8.29. The zero-order valence-corrected chi connectivity index (χ0v) is 17.9. The number of hydrogen-bond donors (Lipinski definition) is 2. The molecule has 0 spiro atoms. The molecule has 0 radical (unpaired) electrons. The number of hydrogen-bond acceptors (Lipinski definition) is 7. The summed E-state index contributed by atoms with van der Waals surface area (Å²) in [6, 6.07) is 2.74. The summed E-state index contributed by atoms with van der Waals surface area (Å²) >= 11 is 0. The summed E-state index contributed by atoms with van der Waals surface area (Å²) in [4.78, 5) is 27.5. The number of nitrogens with zero attached hydrogens (tertiary/aromatic N) is 6. The summed E-state index contributed by atoms with van der Waals surface area (Å²) in [5.41, 5.74) is 3.02. The van der Waals surface area contributed by atoms with Gasteiger partial charge < -0.3 is 15.5 Å². The Hall–Kier alpha value is -3.56. The maximum absolute atomic E-state index is 13.0. The first-order valence-electron chi connectivity index (χ1n) is 10.1. The van der Waals surface area contributed by atoms with Crippen molar-refractivity contribution in [2.45, 2.75) is 39.9 Å². The van der Waals surface area contributed by atoms with E-state index >= 15 is 0 Å². The Morgan fingerprint density at radius 3 is 2.77 bits per heavy atom. The number of anilines is 3. The molecule has 0 aliphatic carbocycles. The van der Waals surface area contributed by atoms with Gasteiger partial charge in [0.15, 0.2) is 5.82 Å². The lowest BCUT2D eigenvalue weighted by molar-refractivity contribution is -0.118. The van der Waals surface area contributed by atoms with E-state index in [1.165, 1.54) is 12.3 Å². The quantitative estimate of drug-likeness (QED) is 0.627. The first-order chi connectivity index (χ1) is 14.8. The van der Waals surface area contributed by atoms with Crippen molar-refractivity contribution < 1.29 is 9.18 Å². The van der Waals surface area contributed by atoms with Crippen LogP contribution in [-0.2, 0) is 17.9 Å². The zero-order chi connectivity index (χ0) is 22.1. The van der Waals surface area contributed by atoms with Crippen molar-refractivity contribution in [1.82, 2.24) is 24.7 Å². The number of aromatic nitrogens is 5. The molecule has 162 valence electrons. The molecular weight excluding hydrogens is 399 g/mol. The van der Waals surface area contributed by atoms with Gasteiger partial charge in [0.05, 0.1) is 30.3 Å². The van der Waals surface area contributed by atoms with E-state index in [1.807, 2.05) is 38.9 Å². The number of aryl methyl sites for hydroxylation is 1. The molecule has 9 nitrogen and oxygen atoms in total. The van der Waals surface area contributed by atoms with Gasteiger partial charge in [-0.1, -0.05) is 13.8 Å². The van der Waals surface area contributed by atoms with E-state index in [9.17, 15) is 9.18 Å². The number of rotatable bonds is 6. The minimum absolute atomic E-state index is 0.0412. The Morgan fingerprint density at radius 1 is 1.26 bits per heavy atom. The molecule has 0 fully saturated rings. The zero-order valence-electron chi connectivity index (χ0n) is 17.9. The van der Waals surface area contributed by atoms with Crippen LogP contribution >= 0.6 is 0 Å². The number of likely N-dealkylation sites (N-methyl/N-ethyl adjacent to an activating group) is 1. The molecule has 2 N–H and O–H groups in total. The molecule has 0 saturated carbocycles. The Labute approximate surface area is 179 Å². The Morgan fingerprint density at radius 2 is 2.06 bits per heavy atom. The molecule has 1 aliphatic heterocycles. The third-order valence-electron chi connectivity index (χ3n) is 5.22. The highest BCUT2D eigenvalue weighted by Gasteiger charge is 2.35. The highest BCUT2D eigenvalue weighted by Crippen LogP contribution is 2.34. The first kappa shape index (κ1) is 20.7. The van der Waals surface area contributed by atoms with Crippen molar-refractivity contribution in [3.05, 3.63) is 53.5 Å². The molecule has 0 saturated heterocycles. The van der Waals surface area contributed by atoms with Gasteiger partial charge in [-0.3, -0.25) is 14.5 Å². The fourth-order valence-electron chi connectivity index (χ4n) is 3.72. The number of carbonyl (C=O) groups is 1. The summed E-state index contributed by atoms with van der Waals surface area (Å²) < 4.78 is 14.7. The fraction of sp³-hybridized carbons (Fsp3) is 0.381. The minimum atomic E-state index is -0.362. The molecule has 1 atom stereocenters. The van der Waals surface area contributed by atoms with E-state index in [0.29, 0.717) is 36.2 Å². The maximum Gasteiger partial charge on any atom is 0.247 e. The molecule has 3 aromatic heterocycles. The normalized spacial score (nSPS) is 15.7. The lowest BCUT2D eigenvalue weighted by Gasteiger charge is -2.36. The summed E-state index contributed by atoms with van der Waals surface area (Å²) in [5, 5.41) is 10.5. The summed E-state index contributed by atoms with van der Waals surface area (Å²) in [6.07, 6.45) is 4.84. The molecular formula is C21H25FN8O. The van der Waals surface area contributed by atoms with Crippen LogP contribution in [0.4, 0.5) is 21.8 Å². The van der Waals surface area contributed by atoms with Gasteiger partial charge in [0.25, 0.3) is 0 Å². The molecule has 0 bridgehead atoms. The lowest BCUT2D eigenvalue weighted by Crippen LogP contribution is -2.49. The van der Waals surface area contributed by atoms with Crippen LogP contribution in [0.25, 0.3) is 0 Å². The number of amides is 1. The molecule has 4 heterocycles. The predicted molar refractivity (Wildman–Crippen MR) is 115 cm³/mol. The van der Waals surface area contributed by atoms with Crippen LogP contribution in [0, 0.1) is 18.7 Å². The van der Waals surface area contributed by atoms with E-state index in [2.05, 4.69) is 30.7 Å². The summed E-state index contributed by atoms with van der Waals surface area (Å²) in [7, 11) is 1.88. The molecule has 31 heavy (non-hydrogen) atoms. The Kier molecular flexibility index (Phi) is 5.53. The number of nitrogens with one attached hydrogen (secondary N) is 2. The van der Waals surface area contributed by atoms with Crippen LogP contribution in [0.15, 0.2) is 30.7 Å². The van der Waals surface area contributed by atoms with Gasteiger partial charge in [-0.2, -0.15) is 10.1 Å². The van der Waals surface area contributed by atoms with Crippen LogP contribution in [0.1, 0.15) is 30.8 Å². The Bertz CT molecular complexity index is 1100. The number of halogens is 1. The van der Waals surface area contributed by atoms with E-state index in [1.54, 1.807) is 16.9 Å². The van der Waals surface area contributed by atoms with Gasteiger partial charge >= 0.3 is 0 Å².